The molecule has 0 spiro atoms. The van der Waals surface area contributed by atoms with Crippen LogP contribution in [0, 0.1) is 10.1 Å². The quantitative estimate of drug-likeness (QED) is 0.388. The predicted octanol–water partition coefficient (Wildman–Crippen LogP) is 1.77. The third kappa shape index (κ3) is 3.21. The molecule has 23 heavy (non-hydrogen) atoms. The van der Waals surface area contributed by atoms with Gasteiger partial charge in [0.2, 0.25) is 6.79 Å². The topological polar surface area (TPSA) is 104 Å². The van der Waals surface area contributed by atoms with Crippen LogP contribution in [0.1, 0.15) is 12.8 Å². The van der Waals surface area contributed by atoms with Crippen LogP contribution >= 0.6 is 0 Å². The second-order valence-electron chi connectivity index (χ2n) is 5.11. The zero-order valence-corrected chi connectivity index (χ0v) is 12.2. The Morgan fingerprint density at radius 3 is 3.04 bits per heavy atom. The number of pyridine rings is 1. The summed E-state index contributed by atoms with van der Waals surface area (Å²) >= 11 is 0. The second kappa shape index (κ2) is 6.57. The van der Waals surface area contributed by atoms with E-state index in [0.29, 0.717) is 16.7 Å². The van der Waals surface area contributed by atoms with Gasteiger partial charge in [0.05, 0.1) is 10.3 Å². The summed E-state index contributed by atoms with van der Waals surface area (Å²) in [6, 6.07) is 5.73. The standard InChI is InChI=1S/C15H15N3O5/c19-15(11-4-2-7-16-11)23-9-22-13-6-5-12(18(20)21)10-3-1-8-17-14(10)13/h1,3,5-6,8,11,16H,2,4,7,9H2. The average molecular weight is 317 g/mol. The molecule has 0 aliphatic carbocycles. The van der Waals surface area contributed by atoms with Crippen LogP contribution in [0.25, 0.3) is 10.9 Å². The average Bonchev–Trinajstić information content (AvgIpc) is 3.09. The smallest absolute Gasteiger partial charge is 0.326 e. The maximum atomic E-state index is 11.8. The van der Waals surface area contributed by atoms with Crippen molar-refractivity contribution in [2.75, 3.05) is 13.3 Å². The van der Waals surface area contributed by atoms with Crippen molar-refractivity contribution in [3.63, 3.8) is 0 Å². The molecule has 8 nitrogen and oxygen atoms in total. The molecule has 0 radical (unpaired) electrons. The lowest BCUT2D eigenvalue weighted by atomic mass is 10.1. The van der Waals surface area contributed by atoms with Crippen molar-refractivity contribution >= 4 is 22.6 Å². The van der Waals surface area contributed by atoms with Crippen LogP contribution in [0.4, 0.5) is 5.69 Å². The molecular weight excluding hydrogens is 302 g/mol. The van der Waals surface area contributed by atoms with E-state index in [2.05, 4.69) is 10.3 Å². The van der Waals surface area contributed by atoms with Gasteiger partial charge in [0, 0.05) is 12.3 Å². The summed E-state index contributed by atoms with van der Waals surface area (Å²) in [5.41, 5.74) is 0.310. The minimum Gasteiger partial charge on any atom is -0.455 e. The summed E-state index contributed by atoms with van der Waals surface area (Å²) < 4.78 is 10.5. The summed E-state index contributed by atoms with van der Waals surface area (Å²) in [6.45, 7) is 0.540. The Morgan fingerprint density at radius 2 is 2.30 bits per heavy atom. The van der Waals surface area contributed by atoms with Gasteiger partial charge in [-0.3, -0.25) is 19.9 Å². The van der Waals surface area contributed by atoms with Crippen LogP contribution in [-0.2, 0) is 9.53 Å². The molecule has 1 aliphatic rings. The van der Waals surface area contributed by atoms with Crippen molar-refractivity contribution in [3.8, 4) is 5.75 Å². The summed E-state index contributed by atoms with van der Waals surface area (Å²) in [5.74, 6) is -0.0277. The number of nitro groups is 1. The molecule has 1 saturated heterocycles. The number of carbonyl (C=O) groups is 1. The van der Waals surface area contributed by atoms with Crippen molar-refractivity contribution in [1.29, 1.82) is 0 Å². The fraction of sp³-hybridized carbons (Fsp3) is 0.333. The number of hydrogen-bond acceptors (Lipinski definition) is 7. The molecule has 2 aromatic rings. The number of non-ortho nitro benzene ring substituents is 1. The van der Waals surface area contributed by atoms with Crippen molar-refractivity contribution < 1.29 is 19.2 Å². The minimum atomic E-state index is -0.473. The zero-order chi connectivity index (χ0) is 16.2. The van der Waals surface area contributed by atoms with Crippen LogP contribution in [0.15, 0.2) is 30.5 Å². The Balaban J connectivity index is 1.72. The fourth-order valence-electron chi connectivity index (χ4n) is 2.54. The maximum Gasteiger partial charge on any atom is 0.326 e. The number of fused-ring (bicyclic) bond motifs is 1. The molecule has 0 bridgehead atoms. The number of nitro benzene ring substituents is 1. The summed E-state index contributed by atoms with van der Waals surface area (Å²) in [4.78, 5) is 26.5. The molecule has 1 aromatic carbocycles. The number of benzene rings is 1. The van der Waals surface area contributed by atoms with Crippen molar-refractivity contribution in [2.45, 2.75) is 18.9 Å². The van der Waals surface area contributed by atoms with E-state index in [-0.39, 0.29) is 24.5 Å². The van der Waals surface area contributed by atoms with Gasteiger partial charge in [0.1, 0.15) is 17.3 Å². The highest BCUT2D eigenvalue weighted by Crippen LogP contribution is 2.31. The lowest BCUT2D eigenvalue weighted by Crippen LogP contribution is -2.33. The number of esters is 1. The van der Waals surface area contributed by atoms with E-state index in [1.165, 1.54) is 18.3 Å². The molecule has 0 saturated carbocycles. The molecule has 1 atom stereocenters. The second-order valence-corrected chi connectivity index (χ2v) is 5.11. The van der Waals surface area contributed by atoms with Crippen molar-refractivity contribution in [2.24, 2.45) is 0 Å². The summed E-state index contributed by atoms with van der Waals surface area (Å²) in [7, 11) is 0. The Hall–Kier alpha value is -2.74. The molecule has 1 aliphatic heterocycles. The maximum absolute atomic E-state index is 11.8. The molecule has 120 valence electrons. The molecule has 1 N–H and O–H groups in total. The third-order valence-electron chi connectivity index (χ3n) is 3.67. The number of hydrogen-bond donors (Lipinski definition) is 1. The van der Waals surface area contributed by atoms with Gasteiger partial charge in [-0.25, -0.2) is 0 Å². The van der Waals surface area contributed by atoms with E-state index in [0.717, 1.165) is 19.4 Å². The number of rotatable bonds is 5. The van der Waals surface area contributed by atoms with Gasteiger partial charge in [-0.2, -0.15) is 0 Å². The first-order chi connectivity index (χ1) is 11.2. The van der Waals surface area contributed by atoms with Gasteiger partial charge in [0.25, 0.3) is 5.69 Å². The van der Waals surface area contributed by atoms with Crippen LogP contribution in [0.5, 0.6) is 5.75 Å². The predicted molar refractivity (Wildman–Crippen MR) is 81.0 cm³/mol. The van der Waals surface area contributed by atoms with Gasteiger partial charge in [0.15, 0.2) is 0 Å². The molecule has 8 heteroatoms. The minimum absolute atomic E-state index is 0.0485. The summed E-state index contributed by atoms with van der Waals surface area (Å²) in [6.07, 6.45) is 3.21. The monoisotopic (exact) mass is 317 g/mol. The number of nitrogens with zero attached hydrogens (tertiary/aromatic N) is 2. The van der Waals surface area contributed by atoms with Gasteiger partial charge in [-0.1, -0.05) is 0 Å². The normalized spacial score (nSPS) is 17.1. The van der Waals surface area contributed by atoms with Crippen molar-refractivity contribution in [3.05, 3.63) is 40.6 Å². The van der Waals surface area contributed by atoms with E-state index in [4.69, 9.17) is 9.47 Å². The lowest BCUT2D eigenvalue weighted by Gasteiger charge is -2.12. The first-order valence-electron chi connectivity index (χ1n) is 7.22. The number of aromatic nitrogens is 1. The molecule has 1 aromatic heterocycles. The van der Waals surface area contributed by atoms with E-state index in [1.807, 2.05) is 0 Å². The first kappa shape index (κ1) is 15.2. The van der Waals surface area contributed by atoms with Crippen LogP contribution in [0.2, 0.25) is 0 Å². The molecular formula is C15H15N3O5. The molecule has 1 fully saturated rings. The molecule has 1 unspecified atom stereocenters. The highest BCUT2D eigenvalue weighted by Gasteiger charge is 2.23. The van der Waals surface area contributed by atoms with E-state index >= 15 is 0 Å². The zero-order valence-electron chi connectivity index (χ0n) is 12.2. The SMILES string of the molecule is O=C(OCOc1ccc([N+](=O)[O-])c2cccnc12)C1CCCN1. The van der Waals surface area contributed by atoms with Gasteiger partial charge in [-0.05, 0) is 37.6 Å². The van der Waals surface area contributed by atoms with Crippen LogP contribution in [-0.4, -0.2) is 35.3 Å². The van der Waals surface area contributed by atoms with E-state index < -0.39 is 4.92 Å². The van der Waals surface area contributed by atoms with Crippen LogP contribution in [0.3, 0.4) is 0 Å². The highest BCUT2D eigenvalue weighted by atomic mass is 16.7. The molecule has 3 rings (SSSR count). The van der Waals surface area contributed by atoms with Crippen LogP contribution < -0.4 is 10.1 Å². The summed E-state index contributed by atoms with van der Waals surface area (Å²) in [5, 5.41) is 14.4. The lowest BCUT2D eigenvalue weighted by molar-refractivity contribution is -0.383. The molecule has 0 amide bonds. The van der Waals surface area contributed by atoms with Gasteiger partial charge in [-0.15, -0.1) is 0 Å². The number of carbonyl (C=O) groups excluding carboxylic acids is 1. The Morgan fingerprint density at radius 1 is 1.43 bits per heavy atom. The fourth-order valence-corrected chi connectivity index (χ4v) is 2.54. The van der Waals surface area contributed by atoms with E-state index in [9.17, 15) is 14.9 Å². The van der Waals surface area contributed by atoms with Crippen molar-refractivity contribution in [1.82, 2.24) is 10.3 Å². The van der Waals surface area contributed by atoms with E-state index in [1.54, 1.807) is 12.1 Å². The first-order valence-corrected chi connectivity index (χ1v) is 7.22. The highest BCUT2D eigenvalue weighted by molar-refractivity contribution is 5.92. The number of nitrogens with one attached hydrogen (secondary N) is 1. The van der Waals surface area contributed by atoms with Gasteiger partial charge < -0.3 is 14.8 Å². The third-order valence-corrected chi connectivity index (χ3v) is 3.67. The largest absolute Gasteiger partial charge is 0.455 e. The Kier molecular flexibility index (Phi) is 4.33. The Labute approximate surface area is 131 Å². The molecule has 2 heterocycles. The number of ether oxygens (including phenoxy) is 2. The Bertz CT molecular complexity index is 743. The van der Waals surface area contributed by atoms with Gasteiger partial charge >= 0.3 is 5.97 Å².